The Morgan fingerprint density at radius 2 is 2.11 bits per heavy atom. The van der Waals surface area contributed by atoms with Gasteiger partial charge in [0.2, 0.25) is 0 Å². The average Bonchev–Trinajstić information content (AvgIpc) is 2.41. The Hall–Kier alpha value is -1.25. The molecule has 18 heavy (non-hydrogen) atoms. The van der Waals surface area contributed by atoms with Gasteiger partial charge in [-0.05, 0) is 37.5 Å². The molecule has 0 unspecified atom stereocenters. The number of hydrogen-bond donors (Lipinski definition) is 1. The first-order chi connectivity index (χ1) is 8.67. The summed E-state index contributed by atoms with van der Waals surface area (Å²) in [5, 5.41) is 9.93. The van der Waals surface area contributed by atoms with Crippen LogP contribution in [-0.2, 0) is 9.53 Å². The van der Waals surface area contributed by atoms with Gasteiger partial charge in [0.15, 0.2) is 0 Å². The van der Waals surface area contributed by atoms with Gasteiger partial charge >= 0.3 is 5.97 Å². The summed E-state index contributed by atoms with van der Waals surface area (Å²) in [7, 11) is 1.35. The van der Waals surface area contributed by atoms with Crippen LogP contribution in [0.1, 0.15) is 52.4 Å². The van der Waals surface area contributed by atoms with Crippen molar-refractivity contribution in [3.05, 3.63) is 23.5 Å². The van der Waals surface area contributed by atoms with Gasteiger partial charge in [-0.15, -0.1) is 0 Å². The van der Waals surface area contributed by atoms with Gasteiger partial charge in [-0.25, -0.2) is 4.79 Å². The van der Waals surface area contributed by atoms with E-state index in [0.717, 1.165) is 19.3 Å². The lowest BCUT2D eigenvalue weighted by molar-refractivity contribution is -0.136. The first-order valence-corrected chi connectivity index (χ1v) is 6.84. The van der Waals surface area contributed by atoms with E-state index in [1.165, 1.54) is 13.5 Å². The molecular weight excluding hydrogens is 228 g/mol. The molecule has 0 aromatic heterocycles. The van der Waals surface area contributed by atoms with Gasteiger partial charge in [-0.2, -0.15) is 0 Å². The van der Waals surface area contributed by atoms with E-state index in [1.54, 1.807) is 0 Å². The molecule has 2 rings (SSSR count). The predicted octanol–water partition coefficient (Wildman–Crippen LogP) is 3.91. The normalized spacial score (nSPS) is 26.6. The molecular formula is C15H24O3. The van der Waals surface area contributed by atoms with E-state index in [0.29, 0.717) is 18.4 Å². The van der Waals surface area contributed by atoms with Gasteiger partial charge in [0.1, 0.15) is 5.76 Å². The Labute approximate surface area is 110 Å². The van der Waals surface area contributed by atoms with Crippen LogP contribution in [-0.4, -0.2) is 18.2 Å². The first kappa shape index (κ1) is 14.8. The Morgan fingerprint density at radius 3 is 2.61 bits per heavy atom. The number of esters is 1. The van der Waals surface area contributed by atoms with Crippen molar-refractivity contribution in [1.82, 2.24) is 0 Å². The van der Waals surface area contributed by atoms with Crippen molar-refractivity contribution < 1.29 is 14.6 Å². The molecule has 102 valence electrons. The Bertz CT molecular complexity index is 355. The highest BCUT2D eigenvalue weighted by atomic mass is 16.5. The summed E-state index contributed by atoms with van der Waals surface area (Å²) in [6.07, 6.45) is 10.0. The molecule has 0 saturated heterocycles. The van der Waals surface area contributed by atoms with Crippen molar-refractivity contribution in [3.63, 3.8) is 0 Å². The van der Waals surface area contributed by atoms with Crippen molar-refractivity contribution in [2.45, 2.75) is 52.4 Å². The Kier molecular flexibility index (Phi) is 5.45. The molecule has 1 N–H and O–H groups in total. The van der Waals surface area contributed by atoms with E-state index < -0.39 is 0 Å². The van der Waals surface area contributed by atoms with Crippen LogP contribution in [0.5, 0.6) is 0 Å². The number of methoxy groups -OCH3 is 1. The standard InChI is InChI=1S/C13H18O3.C2H6/c1-16-12(15)10-5-8-13(9-11(10)14)6-3-2-4-7-13;1-2/h3,6,14H,2,4-5,7-9H2,1H3;1-2H3/t13-;/m1./s1. The fourth-order valence-corrected chi connectivity index (χ4v) is 2.73. The van der Waals surface area contributed by atoms with E-state index in [1.807, 2.05) is 13.8 Å². The van der Waals surface area contributed by atoms with E-state index in [4.69, 9.17) is 0 Å². The van der Waals surface area contributed by atoms with Crippen LogP contribution >= 0.6 is 0 Å². The maximum absolute atomic E-state index is 11.4. The van der Waals surface area contributed by atoms with Crippen molar-refractivity contribution in [1.29, 1.82) is 0 Å². The summed E-state index contributed by atoms with van der Waals surface area (Å²) < 4.78 is 4.66. The molecule has 1 atom stereocenters. The van der Waals surface area contributed by atoms with E-state index in [-0.39, 0.29) is 17.1 Å². The summed E-state index contributed by atoms with van der Waals surface area (Å²) in [6, 6.07) is 0. The van der Waals surface area contributed by atoms with Gasteiger partial charge in [-0.3, -0.25) is 0 Å². The molecule has 0 radical (unpaired) electrons. The number of aliphatic hydroxyl groups excluding tert-OH is 1. The van der Waals surface area contributed by atoms with Crippen molar-refractivity contribution in [3.8, 4) is 0 Å². The fraction of sp³-hybridized carbons (Fsp3) is 0.667. The maximum Gasteiger partial charge on any atom is 0.337 e. The maximum atomic E-state index is 11.4. The zero-order valence-corrected chi connectivity index (χ0v) is 11.7. The van der Waals surface area contributed by atoms with Gasteiger partial charge in [0.25, 0.3) is 0 Å². The van der Waals surface area contributed by atoms with Gasteiger partial charge in [0, 0.05) is 6.42 Å². The Balaban J connectivity index is 0.000000771. The second-order valence-electron chi connectivity index (χ2n) is 4.75. The molecule has 0 amide bonds. The molecule has 0 heterocycles. The number of carbonyl (C=O) groups is 1. The smallest absolute Gasteiger partial charge is 0.337 e. The molecule has 0 aromatic rings. The predicted molar refractivity (Wildman–Crippen MR) is 72.3 cm³/mol. The lowest BCUT2D eigenvalue weighted by Crippen LogP contribution is -2.27. The topological polar surface area (TPSA) is 46.5 Å². The van der Waals surface area contributed by atoms with Gasteiger partial charge < -0.3 is 9.84 Å². The van der Waals surface area contributed by atoms with Crippen LogP contribution in [0.2, 0.25) is 0 Å². The van der Waals surface area contributed by atoms with Crippen molar-refractivity contribution >= 4 is 5.97 Å². The average molecular weight is 252 g/mol. The minimum atomic E-state index is -0.382. The highest BCUT2D eigenvalue weighted by molar-refractivity contribution is 5.89. The van der Waals surface area contributed by atoms with Crippen molar-refractivity contribution in [2.75, 3.05) is 7.11 Å². The molecule has 0 aliphatic heterocycles. The third kappa shape index (κ3) is 3.15. The van der Waals surface area contributed by atoms with E-state index >= 15 is 0 Å². The van der Waals surface area contributed by atoms with Crippen LogP contribution in [0.3, 0.4) is 0 Å². The lowest BCUT2D eigenvalue weighted by Gasteiger charge is -2.36. The number of ether oxygens (including phenoxy) is 1. The molecule has 1 spiro atoms. The third-order valence-corrected chi connectivity index (χ3v) is 3.69. The zero-order chi connectivity index (χ0) is 13.6. The summed E-state index contributed by atoms with van der Waals surface area (Å²) in [5.74, 6) is -0.156. The molecule has 0 aromatic carbocycles. The zero-order valence-electron chi connectivity index (χ0n) is 11.7. The van der Waals surface area contributed by atoms with Crippen LogP contribution in [0.25, 0.3) is 0 Å². The lowest BCUT2D eigenvalue weighted by atomic mass is 9.69. The fourth-order valence-electron chi connectivity index (χ4n) is 2.73. The quantitative estimate of drug-likeness (QED) is 0.568. The second-order valence-corrected chi connectivity index (χ2v) is 4.75. The SMILES string of the molecule is CC.COC(=O)C1=C(O)C[C@@]2(C=CCCC2)CC1. The monoisotopic (exact) mass is 252 g/mol. The molecule has 0 saturated carbocycles. The molecule has 2 aliphatic rings. The molecule has 3 nitrogen and oxygen atoms in total. The van der Waals surface area contributed by atoms with Crippen LogP contribution in [0, 0.1) is 5.41 Å². The van der Waals surface area contributed by atoms with Crippen LogP contribution in [0.15, 0.2) is 23.5 Å². The summed E-state index contributed by atoms with van der Waals surface area (Å²) in [5.41, 5.74) is 0.562. The largest absolute Gasteiger partial charge is 0.512 e. The van der Waals surface area contributed by atoms with Crippen molar-refractivity contribution in [2.24, 2.45) is 5.41 Å². The molecule has 3 heteroatoms. The highest BCUT2D eigenvalue weighted by Crippen LogP contribution is 2.45. The Morgan fingerprint density at radius 1 is 1.39 bits per heavy atom. The number of carbonyl (C=O) groups excluding carboxylic acids is 1. The minimum Gasteiger partial charge on any atom is -0.512 e. The molecule has 0 fully saturated rings. The van der Waals surface area contributed by atoms with E-state index in [9.17, 15) is 9.90 Å². The van der Waals surface area contributed by atoms with Crippen LogP contribution in [0.4, 0.5) is 0 Å². The number of allylic oxidation sites excluding steroid dienone is 3. The third-order valence-electron chi connectivity index (χ3n) is 3.69. The number of aliphatic hydroxyl groups is 1. The highest BCUT2D eigenvalue weighted by Gasteiger charge is 2.36. The van der Waals surface area contributed by atoms with Gasteiger partial charge in [-0.1, -0.05) is 26.0 Å². The summed E-state index contributed by atoms with van der Waals surface area (Å²) in [6.45, 7) is 4.00. The minimum absolute atomic E-state index is 0.0971. The number of rotatable bonds is 1. The van der Waals surface area contributed by atoms with Crippen LogP contribution < -0.4 is 0 Å². The second kappa shape index (κ2) is 6.62. The van der Waals surface area contributed by atoms with E-state index in [2.05, 4.69) is 16.9 Å². The number of hydrogen-bond acceptors (Lipinski definition) is 3. The first-order valence-electron chi connectivity index (χ1n) is 6.84. The summed E-state index contributed by atoms with van der Waals surface area (Å²) in [4.78, 5) is 11.4. The molecule has 0 bridgehead atoms. The van der Waals surface area contributed by atoms with Gasteiger partial charge in [0.05, 0.1) is 12.7 Å². The molecule has 2 aliphatic carbocycles. The summed E-state index contributed by atoms with van der Waals surface area (Å²) >= 11 is 0.